The van der Waals surface area contributed by atoms with Gasteiger partial charge in [-0.15, -0.1) is 0 Å². The Morgan fingerprint density at radius 1 is 0.545 bits per heavy atom. The molecule has 0 nitrogen and oxygen atoms in total. The fourth-order valence-corrected chi connectivity index (χ4v) is 6.51. The molecule has 1 aliphatic carbocycles. The van der Waals surface area contributed by atoms with Crippen molar-refractivity contribution in [2.24, 2.45) is 0 Å². The predicted octanol–water partition coefficient (Wildman–Crippen LogP) is 11.6. The second kappa shape index (κ2) is 12.9. The quantitative estimate of drug-likeness (QED) is 0.196. The van der Waals surface area contributed by atoms with Gasteiger partial charge in [0.2, 0.25) is 0 Å². The van der Waals surface area contributed by atoms with Crippen LogP contribution < -0.4 is 0 Å². The van der Waals surface area contributed by atoms with Crippen LogP contribution >= 0.6 is 31.9 Å². The summed E-state index contributed by atoms with van der Waals surface area (Å²) in [4.78, 5) is 0. The second-order valence-electron chi connectivity index (χ2n) is 10.4. The van der Waals surface area contributed by atoms with E-state index in [1.54, 1.807) is 11.1 Å². The van der Waals surface area contributed by atoms with Crippen LogP contribution in [0.2, 0.25) is 0 Å². The molecule has 2 aromatic carbocycles. The van der Waals surface area contributed by atoms with E-state index < -0.39 is 0 Å². The minimum Gasteiger partial charge on any atom is -0.0654 e. The van der Waals surface area contributed by atoms with Crippen LogP contribution in [0.1, 0.15) is 126 Å². The van der Waals surface area contributed by atoms with E-state index in [0.717, 1.165) is 0 Å². The van der Waals surface area contributed by atoms with Crippen molar-refractivity contribution >= 4 is 31.9 Å². The number of hydrogen-bond donors (Lipinski definition) is 0. The molecule has 0 fully saturated rings. The topological polar surface area (TPSA) is 0 Å². The Labute approximate surface area is 220 Å². The van der Waals surface area contributed by atoms with Crippen LogP contribution in [0.15, 0.2) is 33.2 Å². The summed E-state index contributed by atoms with van der Waals surface area (Å²) < 4.78 is 2.53. The Kier molecular flexibility index (Phi) is 10.6. The van der Waals surface area contributed by atoms with Crippen molar-refractivity contribution in [2.75, 3.05) is 0 Å². The van der Waals surface area contributed by atoms with E-state index in [9.17, 15) is 0 Å². The van der Waals surface area contributed by atoms with Gasteiger partial charge in [0.1, 0.15) is 0 Å². The first kappa shape index (κ1) is 27.0. The predicted molar refractivity (Wildman–Crippen MR) is 154 cm³/mol. The maximum absolute atomic E-state index is 3.89. The Balaban J connectivity index is 1.94. The molecule has 33 heavy (non-hydrogen) atoms. The summed E-state index contributed by atoms with van der Waals surface area (Å²) in [7, 11) is 0. The van der Waals surface area contributed by atoms with Gasteiger partial charge in [-0.05, 0) is 84.3 Å². The van der Waals surface area contributed by atoms with Gasteiger partial charge < -0.3 is 0 Å². The van der Waals surface area contributed by atoms with Crippen molar-refractivity contribution in [2.45, 2.75) is 123 Å². The van der Waals surface area contributed by atoms with Crippen LogP contribution in [0.3, 0.4) is 0 Å². The minimum atomic E-state index is 0.159. The summed E-state index contributed by atoms with van der Waals surface area (Å²) in [5.41, 5.74) is 8.97. The highest BCUT2D eigenvalue weighted by Gasteiger charge is 2.42. The molecule has 0 unspecified atom stereocenters. The fourth-order valence-electron chi connectivity index (χ4n) is 5.82. The molecular weight excluding hydrogens is 532 g/mol. The van der Waals surface area contributed by atoms with E-state index in [1.165, 1.54) is 121 Å². The van der Waals surface area contributed by atoms with Gasteiger partial charge >= 0.3 is 0 Å². The molecule has 0 aromatic heterocycles. The number of unbranched alkanes of at least 4 members (excludes halogenated alkanes) is 10. The maximum atomic E-state index is 3.89. The average Bonchev–Trinajstić information content (AvgIpc) is 3.02. The minimum absolute atomic E-state index is 0.159. The van der Waals surface area contributed by atoms with Crippen LogP contribution in [0, 0.1) is 13.8 Å². The zero-order chi connectivity index (χ0) is 23.8. The smallest absolute Gasteiger partial charge is 0.0216 e. The summed E-state index contributed by atoms with van der Waals surface area (Å²) >= 11 is 7.77. The van der Waals surface area contributed by atoms with Crippen molar-refractivity contribution in [3.05, 3.63) is 55.5 Å². The summed E-state index contributed by atoms with van der Waals surface area (Å²) in [6, 6.07) is 9.83. The molecule has 0 N–H and O–H groups in total. The number of halogens is 2. The van der Waals surface area contributed by atoms with Gasteiger partial charge in [-0.1, -0.05) is 123 Å². The lowest BCUT2D eigenvalue weighted by molar-refractivity contribution is 0.397. The second-order valence-corrected chi connectivity index (χ2v) is 12.1. The van der Waals surface area contributed by atoms with Crippen molar-refractivity contribution in [3.8, 4) is 11.1 Å². The van der Waals surface area contributed by atoms with Crippen LogP contribution in [-0.2, 0) is 5.41 Å². The standard InChI is InChI=1S/C31H44Br2/c1-5-7-9-11-13-15-17-31(18-16-14-12-10-8-6-2)27-21-29(32)23(3)19-25(27)26-20-24(4)30(33)22-28(26)31/h19-22H,5-18H2,1-4H3. The van der Waals surface area contributed by atoms with Crippen molar-refractivity contribution in [1.82, 2.24) is 0 Å². The third-order valence-corrected chi connectivity index (χ3v) is 9.54. The normalized spacial score (nSPS) is 13.9. The van der Waals surface area contributed by atoms with Crippen molar-refractivity contribution < 1.29 is 0 Å². The van der Waals surface area contributed by atoms with Crippen molar-refractivity contribution in [1.29, 1.82) is 0 Å². The highest BCUT2D eigenvalue weighted by molar-refractivity contribution is 9.10. The molecular formula is C31H44Br2. The molecule has 1 aliphatic rings. The van der Waals surface area contributed by atoms with Gasteiger partial charge in [0, 0.05) is 14.4 Å². The zero-order valence-electron chi connectivity index (χ0n) is 21.5. The molecule has 182 valence electrons. The van der Waals surface area contributed by atoms with E-state index in [2.05, 4.69) is 83.8 Å². The van der Waals surface area contributed by atoms with E-state index >= 15 is 0 Å². The maximum Gasteiger partial charge on any atom is 0.0216 e. The Hall–Kier alpha value is -0.600. The van der Waals surface area contributed by atoms with Gasteiger partial charge in [0.15, 0.2) is 0 Å². The molecule has 0 spiro atoms. The largest absolute Gasteiger partial charge is 0.0654 e. The summed E-state index contributed by atoms with van der Waals surface area (Å²) in [6.45, 7) is 9.08. The van der Waals surface area contributed by atoms with E-state index in [0.29, 0.717) is 0 Å². The number of fused-ring (bicyclic) bond motifs is 3. The van der Waals surface area contributed by atoms with Crippen LogP contribution in [0.5, 0.6) is 0 Å². The number of hydrogen-bond acceptors (Lipinski definition) is 0. The third kappa shape index (κ3) is 6.35. The van der Waals surface area contributed by atoms with Gasteiger partial charge in [0.25, 0.3) is 0 Å². The third-order valence-electron chi connectivity index (χ3n) is 7.83. The molecule has 0 bridgehead atoms. The monoisotopic (exact) mass is 574 g/mol. The van der Waals surface area contributed by atoms with E-state index in [-0.39, 0.29) is 5.41 Å². The lowest BCUT2D eigenvalue weighted by atomic mass is 9.70. The molecule has 0 radical (unpaired) electrons. The highest BCUT2D eigenvalue weighted by atomic mass is 79.9. The lowest BCUT2D eigenvalue weighted by Gasteiger charge is -2.33. The van der Waals surface area contributed by atoms with Gasteiger partial charge in [-0.2, -0.15) is 0 Å². The average molecular weight is 577 g/mol. The SMILES string of the molecule is CCCCCCCCC1(CCCCCCCC)c2cc(Br)c(C)cc2-c2cc(C)c(Br)cc21. The molecule has 2 aromatic rings. The first-order chi connectivity index (χ1) is 15.9. The molecule has 0 amide bonds. The first-order valence-electron chi connectivity index (χ1n) is 13.6. The summed E-state index contributed by atoms with van der Waals surface area (Å²) in [6.07, 6.45) is 18.9. The number of aryl methyl sites for hydroxylation is 2. The van der Waals surface area contributed by atoms with Gasteiger partial charge in [-0.3, -0.25) is 0 Å². The Morgan fingerprint density at radius 3 is 1.30 bits per heavy atom. The summed E-state index contributed by atoms with van der Waals surface area (Å²) in [5, 5.41) is 0. The molecule has 0 heterocycles. The highest BCUT2D eigenvalue weighted by Crippen LogP contribution is 2.56. The van der Waals surface area contributed by atoms with Crippen LogP contribution in [0.25, 0.3) is 11.1 Å². The van der Waals surface area contributed by atoms with Gasteiger partial charge in [0.05, 0.1) is 0 Å². The fraction of sp³-hybridized carbons (Fsp3) is 0.613. The number of benzene rings is 2. The molecule has 0 aliphatic heterocycles. The van der Waals surface area contributed by atoms with E-state index in [4.69, 9.17) is 0 Å². The molecule has 0 atom stereocenters. The van der Waals surface area contributed by atoms with Crippen LogP contribution in [-0.4, -0.2) is 0 Å². The molecule has 3 rings (SSSR count). The summed E-state index contributed by atoms with van der Waals surface area (Å²) in [5.74, 6) is 0. The molecule has 0 saturated carbocycles. The van der Waals surface area contributed by atoms with E-state index in [1.807, 2.05) is 0 Å². The van der Waals surface area contributed by atoms with Crippen molar-refractivity contribution in [3.63, 3.8) is 0 Å². The van der Waals surface area contributed by atoms with Crippen LogP contribution in [0.4, 0.5) is 0 Å². The Bertz CT molecular complexity index is 836. The molecule has 2 heteroatoms. The molecule has 0 saturated heterocycles. The lowest BCUT2D eigenvalue weighted by Crippen LogP contribution is -2.25. The zero-order valence-corrected chi connectivity index (χ0v) is 24.6. The number of rotatable bonds is 14. The Morgan fingerprint density at radius 2 is 0.909 bits per heavy atom. The van der Waals surface area contributed by atoms with Gasteiger partial charge in [-0.25, -0.2) is 0 Å². The first-order valence-corrected chi connectivity index (χ1v) is 15.1.